The summed E-state index contributed by atoms with van der Waals surface area (Å²) in [6, 6.07) is 10.7. The van der Waals surface area contributed by atoms with E-state index in [4.69, 9.17) is 16.3 Å². The summed E-state index contributed by atoms with van der Waals surface area (Å²) >= 11 is 6.14. The zero-order chi connectivity index (χ0) is 18.9. The molecule has 0 aromatic heterocycles. The number of halogens is 2. The summed E-state index contributed by atoms with van der Waals surface area (Å²) < 4.78 is 19.0. The Balaban J connectivity index is 1.52. The highest BCUT2D eigenvalue weighted by Gasteiger charge is 2.38. The topological polar surface area (TPSA) is 41.6 Å². The van der Waals surface area contributed by atoms with Gasteiger partial charge in [-0.25, -0.2) is 4.39 Å². The Hall–Kier alpha value is -2.11. The Morgan fingerprint density at radius 3 is 2.52 bits per heavy atom. The highest BCUT2D eigenvalue weighted by molar-refractivity contribution is 6.31. The number of carbonyl (C=O) groups is 1. The Kier molecular flexibility index (Phi) is 5.06. The average molecular weight is 389 g/mol. The average Bonchev–Trinajstić information content (AvgIpc) is 3.13. The molecule has 0 bridgehead atoms. The van der Waals surface area contributed by atoms with Crippen molar-refractivity contribution in [2.45, 2.75) is 19.3 Å². The minimum absolute atomic E-state index is 0.0737. The fraction of sp³-hybridized carbons (Fsp3) is 0.381. The van der Waals surface area contributed by atoms with Crippen LogP contribution in [0.4, 0.5) is 4.39 Å². The van der Waals surface area contributed by atoms with Crippen molar-refractivity contribution < 1.29 is 13.9 Å². The van der Waals surface area contributed by atoms with E-state index in [1.54, 1.807) is 18.2 Å². The molecule has 0 unspecified atom stereocenters. The van der Waals surface area contributed by atoms with E-state index in [0.717, 1.165) is 39.0 Å². The van der Waals surface area contributed by atoms with E-state index in [-0.39, 0.29) is 11.7 Å². The molecule has 0 radical (unpaired) electrons. The van der Waals surface area contributed by atoms with E-state index in [0.29, 0.717) is 27.5 Å². The quantitative estimate of drug-likeness (QED) is 0.842. The first-order valence-corrected chi connectivity index (χ1v) is 9.66. The van der Waals surface area contributed by atoms with Gasteiger partial charge in [-0.3, -0.25) is 4.79 Å². The number of hydrogen-bond acceptors (Lipinski definition) is 3. The van der Waals surface area contributed by atoms with Crippen molar-refractivity contribution >= 4 is 17.5 Å². The molecule has 2 heterocycles. The molecule has 1 amide bonds. The van der Waals surface area contributed by atoms with Crippen molar-refractivity contribution in [3.63, 3.8) is 0 Å². The molecule has 2 saturated heterocycles. The Morgan fingerprint density at radius 1 is 1.11 bits per heavy atom. The normalized spacial score (nSPS) is 18.7. The summed E-state index contributed by atoms with van der Waals surface area (Å²) in [5, 5.41) is 3.92. The molecule has 1 N–H and O–H groups in total. The lowest BCUT2D eigenvalue weighted by molar-refractivity contribution is 0.0605. The Bertz CT molecular complexity index is 825. The van der Waals surface area contributed by atoms with Crippen LogP contribution in [0.15, 0.2) is 42.5 Å². The van der Waals surface area contributed by atoms with E-state index < -0.39 is 0 Å². The number of nitrogens with zero attached hydrogens (tertiary/aromatic N) is 1. The molecular weight excluding hydrogens is 367 g/mol. The molecular formula is C21H22ClFN2O2. The fourth-order valence-corrected chi connectivity index (χ4v) is 4.14. The van der Waals surface area contributed by atoms with Gasteiger partial charge in [0.1, 0.15) is 17.3 Å². The lowest BCUT2D eigenvalue weighted by Crippen LogP contribution is -2.44. The second-order valence-electron chi connectivity index (χ2n) is 7.42. The smallest absolute Gasteiger partial charge is 0.257 e. The zero-order valence-corrected chi connectivity index (χ0v) is 15.8. The van der Waals surface area contributed by atoms with Gasteiger partial charge in [0.25, 0.3) is 5.91 Å². The predicted octanol–water partition coefficient (Wildman–Crippen LogP) is 4.49. The summed E-state index contributed by atoms with van der Waals surface area (Å²) in [6.45, 7) is 3.59. The molecule has 2 aliphatic heterocycles. The Morgan fingerprint density at radius 2 is 1.85 bits per heavy atom. The van der Waals surface area contributed by atoms with Gasteiger partial charge in [-0.15, -0.1) is 0 Å². The number of amides is 1. The standard InChI is InChI=1S/C21H22ClFN2O2/c22-15-1-6-19(27-17-4-2-16(23)3-5-17)18(13-15)20(26)25-11-8-21(9-12-25)7-10-24-14-21/h1-6,13,24H,7-12,14H2. The molecule has 2 aliphatic rings. The van der Waals surface area contributed by atoms with Crippen LogP contribution in [0.25, 0.3) is 0 Å². The second kappa shape index (κ2) is 7.49. The fourth-order valence-electron chi connectivity index (χ4n) is 3.96. The van der Waals surface area contributed by atoms with Gasteiger partial charge in [0.15, 0.2) is 0 Å². The molecule has 0 aliphatic carbocycles. The third-order valence-electron chi connectivity index (χ3n) is 5.66. The van der Waals surface area contributed by atoms with Crippen LogP contribution in [0, 0.1) is 11.2 Å². The van der Waals surface area contributed by atoms with E-state index in [2.05, 4.69) is 5.32 Å². The maximum Gasteiger partial charge on any atom is 0.257 e. The highest BCUT2D eigenvalue weighted by atomic mass is 35.5. The number of hydrogen-bond donors (Lipinski definition) is 1. The molecule has 0 saturated carbocycles. The first-order chi connectivity index (χ1) is 13.0. The van der Waals surface area contributed by atoms with E-state index in [9.17, 15) is 9.18 Å². The third-order valence-corrected chi connectivity index (χ3v) is 5.89. The van der Waals surface area contributed by atoms with Crippen LogP contribution in [-0.2, 0) is 0 Å². The van der Waals surface area contributed by atoms with Gasteiger partial charge in [-0.1, -0.05) is 11.6 Å². The highest BCUT2D eigenvalue weighted by Crippen LogP contribution is 2.38. The largest absolute Gasteiger partial charge is 0.457 e. The molecule has 142 valence electrons. The number of benzene rings is 2. The predicted molar refractivity (Wildman–Crippen MR) is 103 cm³/mol. The zero-order valence-electron chi connectivity index (χ0n) is 15.0. The maximum absolute atomic E-state index is 13.1. The number of likely N-dealkylation sites (tertiary alicyclic amines) is 1. The van der Waals surface area contributed by atoms with Gasteiger partial charge in [-0.2, -0.15) is 0 Å². The SMILES string of the molecule is O=C(c1cc(Cl)ccc1Oc1ccc(F)cc1)N1CCC2(CCNC2)CC1. The maximum atomic E-state index is 13.1. The van der Waals surface area contributed by atoms with E-state index >= 15 is 0 Å². The van der Waals surface area contributed by atoms with Crippen molar-refractivity contribution in [3.8, 4) is 11.5 Å². The van der Waals surface area contributed by atoms with Crippen molar-refractivity contribution in [1.29, 1.82) is 0 Å². The van der Waals surface area contributed by atoms with Gasteiger partial charge in [0, 0.05) is 24.7 Å². The van der Waals surface area contributed by atoms with Crippen LogP contribution in [-0.4, -0.2) is 37.0 Å². The number of nitrogens with one attached hydrogen (secondary N) is 1. The van der Waals surface area contributed by atoms with Crippen molar-refractivity contribution in [3.05, 3.63) is 58.9 Å². The first kappa shape index (κ1) is 18.3. The molecule has 4 rings (SSSR count). The van der Waals surface area contributed by atoms with Crippen LogP contribution in [0.1, 0.15) is 29.6 Å². The molecule has 6 heteroatoms. The van der Waals surface area contributed by atoms with Crippen LogP contribution >= 0.6 is 11.6 Å². The molecule has 2 aromatic carbocycles. The van der Waals surface area contributed by atoms with Crippen LogP contribution in [0.3, 0.4) is 0 Å². The van der Waals surface area contributed by atoms with E-state index in [1.165, 1.54) is 30.7 Å². The number of ether oxygens (including phenoxy) is 1. The minimum atomic E-state index is -0.335. The summed E-state index contributed by atoms with van der Waals surface area (Å²) in [5.74, 6) is 0.495. The Labute approximate surface area is 163 Å². The van der Waals surface area contributed by atoms with Gasteiger partial charge in [0.05, 0.1) is 5.56 Å². The summed E-state index contributed by atoms with van der Waals surface area (Å²) in [5.41, 5.74) is 0.783. The van der Waals surface area contributed by atoms with Crippen molar-refractivity contribution in [1.82, 2.24) is 10.2 Å². The minimum Gasteiger partial charge on any atom is -0.457 e. The molecule has 4 nitrogen and oxygen atoms in total. The third kappa shape index (κ3) is 3.94. The lowest BCUT2D eigenvalue weighted by atomic mass is 9.78. The summed E-state index contributed by atoms with van der Waals surface area (Å²) in [6.07, 6.45) is 3.21. The first-order valence-electron chi connectivity index (χ1n) is 9.28. The summed E-state index contributed by atoms with van der Waals surface area (Å²) in [4.78, 5) is 15.0. The van der Waals surface area contributed by atoms with E-state index in [1.807, 2.05) is 4.90 Å². The summed E-state index contributed by atoms with van der Waals surface area (Å²) in [7, 11) is 0. The number of piperidine rings is 1. The van der Waals surface area contributed by atoms with Crippen molar-refractivity contribution in [2.24, 2.45) is 5.41 Å². The second-order valence-corrected chi connectivity index (χ2v) is 7.85. The molecule has 0 atom stereocenters. The van der Waals surface area contributed by atoms with Crippen LogP contribution < -0.4 is 10.1 Å². The van der Waals surface area contributed by atoms with Gasteiger partial charge >= 0.3 is 0 Å². The molecule has 2 aromatic rings. The van der Waals surface area contributed by atoms with Gasteiger partial charge in [0.2, 0.25) is 0 Å². The number of rotatable bonds is 3. The van der Waals surface area contributed by atoms with Crippen LogP contribution in [0.2, 0.25) is 5.02 Å². The molecule has 2 fully saturated rings. The van der Waals surface area contributed by atoms with Crippen LogP contribution in [0.5, 0.6) is 11.5 Å². The molecule has 27 heavy (non-hydrogen) atoms. The van der Waals surface area contributed by atoms with Gasteiger partial charge in [-0.05, 0) is 73.7 Å². The number of carbonyl (C=O) groups excluding carboxylic acids is 1. The molecule has 1 spiro atoms. The lowest BCUT2D eigenvalue weighted by Gasteiger charge is -2.39. The monoisotopic (exact) mass is 388 g/mol. The van der Waals surface area contributed by atoms with Gasteiger partial charge < -0.3 is 15.0 Å². The van der Waals surface area contributed by atoms with Crippen molar-refractivity contribution in [2.75, 3.05) is 26.2 Å².